The molecule has 3 nitrogen and oxygen atoms in total. The Bertz CT molecular complexity index is 581. The first kappa shape index (κ1) is 14.6. The van der Waals surface area contributed by atoms with Gasteiger partial charge in [0.1, 0.15) is 0 Å². The molecule has 0 saturated heterocycles. The van der Waals surface area contributed by atoms with E-state index in [9.17, 15) is 4.79 Å². The highest BCUT2D eigenvalue weighted by Gasteiger charge is 2.03. The van der Waals surface area contributed by atoms with E-state index >= 15 is 0 Å². The molecule has 0 saturated carbocycles. The van der Waals surface area contributed by atoms with Gasteiger partial charge in [-0.3, -0.25) is 4.79 Å². The zero-order chi connectivity index (χ0) is 14.4. The SMILES string of the molecule is Cc1ccc(CNC(=O)CNc2ccccc2Br)cc1. The molecule has 0 spiro atoms. The number of hydrogen-bond donors (Lipinski definition) is 2. The topological polar surface area (TPSA) is 41.1 Å². The van der Waals surface area contributed by atoms with Crippen molar-refractivity contribution in [3.63, 3.8) is 0 Å². The van der Waals surface area contributed by atoms with Crippen LogP contribution >= 0.6 is 15.9 Å². The molecule has 2 aromatic rings. The molecule has 0 heterocycles. The van der Waals surface area contributed by atoms with Crippen molar-refractivity contribution in [2.24, 2.45) is 0 Å². The van der Waals surface area contributed by atoms with E-state index in [0.717, 1.165) is 15.7 Å². The number of benzene rings is 2. The average Bonchev–Trinajstić information content (AvgIpc) is 2.46. The van der Waals surface area contributed by atoms with Crippen molar-refractivity contribution < 1.29 is 4.79 Å². The van der Waals surface area contributed by atoms with Crippen LogP contribution in [0.1, 0.15) is 11.1 Å². The molecule has 0 unspecified atom stereocenters. The molecule has 0 aromatic heterocycles. The molecule has 0 radical (unpaired) electrons. The number of anilines is 1. The van der Waals surface area contributed by atoms with Crippen LogP contribution in [0, 0.1) is 6.92 Å². The summed E-state index contributed by atoms with van der Waals surface area (Å²) in [4.78, 5) is 11.8. The van der Waals surface area contributed by atoms with E-state index < -0.39 is 0 Å². The smallest absolute Gasteiger partial charge is 0.239 e. The quantitative estimate of drug-likeness (QED) is 0.879. The summed E-state index contributed by atoms with van der Waals surface area (Å²) < 4.78 is 0.950. The Morgan fingerprint density at radius 2 is 1.80 bits per heavy atom. The summed E-state index contributed by atoms with van der Waals surface area (Å²) in [6, 6.07) is 15.9. The molecule has 0 bridgehead atoms. The van der Waals surface area contributed by atoms with E-state index in [2.05, 4.69) is 26.6 Å². The highest BCUT2D eigenvalue weighted by Crippen LogP contribution is 2.20. The van der Waals surface area contributed by atoms with Crippen molar-refractivity contribution in [2.75, 3.05) is 11.9 Å². The van der Waals surface area contributed by atoms with E-state index in [1.165, 1.54) is 5.56 Å². The number of para-hydroxylation sites is 1. The van der Waals surface area contributed by atoms with E-state index in [-0.39, 0.29) is 12.5 Å². The molecule has 2 aromatic carbocycles. The van der Waals surface area contributed by atoms with Crippen LogP contribution in [0.4, 0.5) is 5.69 Å². The summed E-state index contributed by atoms with van der Waals surface area (Å²) in [6.45, 7) is 2.86. The van der Waals surface area contributed by atoms with Crippen molar-refractivity contribution in [1.82, 2.24) is 5.32 Å². The zero-order valence-corrected chi connectivity index (χ0v) is 12.9. The molecular formula is C16H17BrN2O. The van der Waals surface area contributed by atoms with Gasteiger partial charge in [0.2, 0.25) is 5.91 Å². The highest BCUT2D eigenvalue weighted by atomic mass is 79.9. The van der Waals surface area contributed by atoms with E-state index in [1.54, 1.807) is 0 Å². The predicted octanol–water partition coefficient (Wildman–Crippen LogP) is 3.49. The summed E-state index contributed by atoms with van der Waals surface area (Å²) in [7, 11) is 0. The summed E-state index contributed by atoms with van der Waals surface area (Å²) in [5, 5.41) is 5.99. The fourth-order valence-electron chi connectivity index (χ4n) is 1.75. The van der Waals surface area contributed by atoms with Gasteiger partial charge in [-0.05, 0) is 40.5 Å². The number of amides is 1. The number of halogens is 1. The van der Waals surface area contributed by atoms with Crippen LogP contribution in [0.5, 0.6) is 0 Å². The second-order valence-electron chi connectivity index (χ2n) is 4.60. The van der Waals surface area contributed by atoms with Crippen molar-refractivity contribution in [3.8, 4) is 0 Å². The van der Waals surface area contributed by atoms with Gasteiger partial charge < -0.3 is 10.6 Å². The van der Waals surface area contributed by atoms with E-state index in [0.29, 0.717) is 6.54 Å². The third-order valence-electron chi connectivity index (χ3n) is 2.92. The third kappa shape index (κ3) is 4.38. The molecule has 2 N–H and O–H groups in total. The highest BCUT2D eigenvalue weighted by molar-refractivity contribution is 9.10. The monoisotopic (exact) mass is 332 g/mol. The predicted molar refractivity (Wildman–Crippen MR) is 85.7 cm³/mol. The minimum atomic E-state index is -0.0265. The van der Waals surface area contributed by atoms with Gasteiger partial charge in [-0.1, -0.05) is 42.0 Å². The molecule has 2 rings (SSSR count). The largest absolute Gasteiger partial charge is 0.375 e. The Hall–Kier alpha value is -1.81. The minimum absolute atomic E-state index is 0.0265. The normalized spacial score (nSPS) is 10.1. The van der Waals surface area contributed by atoms with Crippen molar-refractivity contribution in [1.29, 1.82) is 0 Å². The lowest BCUT2D eigenvalue weighted by molar-refractivity contribution is -0.119. The standard InChI is InChI=1S/C16H17BrN2O/c1-12-6-8-13(9-7-12)10-19-16(20)11-18-15-5-3-2-4-14(15)17/h2-9,18H,10-11H2,1H3,(H,19,20). The van der Waals surface area contributed by atoms with Gasteiger partial charge in [0.05, 0.1) is 6.54 Å². The number of carbonyl (C=O) groups excluding carboxylic acids is 1. The van der Waals surface area contributed by atoms with Gasteiger partial charge >= 0.3 is 0 Å². The summed E-state index contributed by atoms with van der Waals surface area (Å²) in [5.41, 5.74) is 3.23. The van der Waals surface area contributed by atoms with Crippen molar-refractivity contribution in [3.05, 3.63) is 64.1 Å². The lowest BCUT2D eigenvalue weighted by Gasteiger charge is -2.09. The first-order chi connectivity index (χ1) is 9.65. The fourth-order valence-corrected chi connectivity index (χ4v) is 2.17. The summed E-state index contributed by atoms with van der Waals surface area (Å²) in [6.07, 6.45) is 0. The molecule has 20 heavy (non-hydrogen) atoms. The van der Waals surface area contributed by atoms with Gasteiger partial charge in [0, 0.05) is 16.7 Å². The molecule has 1 amide bonds. The number of carbonyl (C=O) groups is 1. The van der Waals surface area contributed by atoms with Gasteiger partial charge in [-0.2, -0.15) is 0 Å². The molecule has 4 heteroatoms. The van der Waals surface area contributed by atoms with Crippen LogP contribution < -0.4 is 10.6 Å². The molecule has 0 atom stereocenters. The second kappa shape index (κ2) is 7.10. The Kier molecular flexibility index (Phi) is 5.18. The van der Waals surface area contributed by atoms with Gasteiger partial charge in [-0.15, -0.1) is 0 Å². The molecular weight excluding hydrogens is 316 g/mol. The fraction of sp³-hybridized carbons (Fsp3) is 0.188. The number of hydrogen-bond acceptors (Lipinski definition) is 2. The van der Waals surface area contributed by atoms with E-state index in [1.807, 2.05) is 55.5 Å². The van der Waals surface area contributed by atoms with Gasteiger partial charge in [0.15, 0.2) is 0 Å². The average molecular weight is 333 g/mol. The first-order valence-electron chi connectivity index (χ1n) is 6.46. The lowest BCUT2D eigenvalue weighted by Crippen LogP contribution is -2.29. The zero-order valence-electron chi connectivity index (χ0n) is 11.3. The van der Waals surface area contributed by atoms with Crippen molar-refractivity contribution in [2.45, 2.75) is 13.5 Å². The van der Waals surface area contributed by atoms with E-state index in [4.69, 9.17) is 0 Å². The maximum absolute atomic E-state index is 11.8. The Labute approximate surface area is 127 Å². The van der Waals surface area contributed by atoms with Crippen LogP contribution in [0.3, 0.4) is 0 Å². The maximum Gasteiger partial charge on any atom is 0.239 e. The minimum Gasteiger partial charge on any atom is -0.375 e. The Morgan fingerprint density at radius 3 is 2.50 bits per heavy atom. The van der Waals surface area contributed by atoms with Crippen molar-refractivity contribution >= 4 is 27.5 Å². The van der Waals surface area contributed by atoms with Crippen LogP contribution in [-0.4, -0.2) is 12.5 Å². The lowest BCUT2D eigenvalue weighted by atomic mass is 10.1. The Balaban J connectivity index is 1.78. The second-order valence-corrected chi connectivity index (χ2v) is 5.45. The van der Waals surface area contributed by atoms with Crippen LogP contribution in [0.15, 0.2) is 53.0 Å². The molecule has 0 fully saturated rings. The summed E-state index contributed by atoms with van der Waals surface area (Å²) in [5.74, 6) is -0.0265. The van der Waals surface area contributed by atoms with Gasteiger partial charge in [-0.25, -0.2) is 0 Å². The molecule has 0 aliphatic heterocycles. The molecule has 0 aliphatic carbocycles. The number of nitrogens with one attached hydrogen (secondary N) is 2. The third-order valence-corrected chi connectivity index (χ3v) is 3.62. The molecule has 0 aliphatic rings. The molecule has 104 valence electrons. The maximum atomic E-state index is 11.8. The van der Waals surface area contributed by atoms with Crippen LogP contribution in [0.2, 0.25) is 0 Å². The van der Waals surface area contributed by atoms with Crippen LogP contribution in [-0.2, 0) is 11.3 Å². The number of aryl methyl sites for hydroxylation is 1. The Morgan fingerprint density at radius 1 is 1.10 bits per heavy atom. The van der Waals surface area contributed by atoms with Crippen LogP contribution in [0.25, 0.3) is 0 Å². The summed E-state index contributed by atoms with van der Waals surface area (Å²) >= 11 is 3.43. The number of rotatable bonds is 5. The van der Waals surface area contributed by atoms with Gasteiger partial charge in [0.25, 0.3) is 0 Å². The first-order valence-corrected chi connectivity index (χ1v) is 7.25.